The summed E-state index contributed by atoms with van der Waals surface area (Å²) >= 11 is 0. The molecule has 2 aromatic rings. The monoisotopic (exact) mass is 433 g/mol. The van der Waals surface area contributed by atoms with Gasteiger partial charge in [0.05, 0.1) is 19.9 Å². The highest BCUT2D eigenvalue weighted by Crippen LogP contribution is 2.53. The second-order valence-electron chi connectivity index (χ2n) is 8.76. The molecule has 6 nitrogen and oxygen atoms in total. The number of nitrogens with one attached hydrogen (secondary N) is 1. The van der Waals surface area contributed by atoms with E-state index in [9.17, 15) is 0 Å². The Morgan fingerprint density at radius 3 is 1.73 bits per heavy atom. The van der Waals surface area contributed by atoms with Gasteiger partial charge in [0.2, 0.25) is 0 Å². The summed E-state index contributed by atoms with van der Waals surface area (Å²) in [6, 6.07) is 14.5. The van der Waals surface area contributed by atoms with Gasteiger partial charge in [-0.05, 0) is 84.4 Å². The highest BCUT2D eigenvalue weighted by molar-refractivity contribution is 7.60. The minimum Gasteiger partial charge on any atom is -0.497 e. The van der Waals surface area contributed by atoms with Crippen molar-refractivity contribution in [1.82, 2.24) is 9.34 Å². The first-order valence-electron chi connectivity index (χ1n) is 10.1. The second kappa shape index (κ2) is 9.42. The van der Waals surface area contributed by atoms with Crippen molar-refractivity contribution in [3.05, 3.63) is 42.5 Å². The second-order valence-corrected chi connectivity index (χ2v) is 12.3. The third-order valence-electron chi connectivity index (χ3n) is 4.97. The molecule has 0 heterocycles. The van der Waals surface area contributed by atoms with Crippen LogP contribution in [0.1, 0.15) is 20.8 Å². The molecule has 2 aromatic carbocycles. The maximum atomic E-state index is 5.77. The number of methoxy groups -OCH3 is 2. The van der Waals surface area contributed by atoms with Crippen LogP contribution in [-0.2, 0) is 0 Å². The van der Waals surface area contributed by atoms with E-state index in [1.165, 1.54) is 0 Å². The average molecular weight is 434 g/mol. The fourth-order valence-corrected chi connectivity index (χ4v) is 7.37. The fourth-order valence-electron chi connectivity index (χ4n) is 3.68. The predicted molar refractivity (Wildman–Crippen MR) is 128 cm³/mol. The molecule has 0 aromatic heterocycles. The minimum atomic E-state index is -2.09. The summed E-state index contributed by atoms with van der Waals surface area (Å²) in [7, 11) is 12.0. The van der Waals surface area contributed by atoms with Crippen LogP contribution in [0.25, 0.3) is 11.1 Å². The van der Waals surface area contributed by atoms with Gasteiger partial charge in [-0.3, -0.25) is 4.67 Å². The van der Waals surface area contributed by atoms with Crippen molar-refractivity contribution in [2.75, 3.05) is 54.1 Å². The highest BCUT2D eigenvalue weighted by Gasteiger charge is 2.41. The Hall–Kier alpha value is -2.01. The molecule has 1 N–H and O–H groups in total. The summed E-state index contributed by atoms with van der Waals surface area (Å²) in [4.78, 5) is 0. The lowest BCUT2D eigenvalue weighted by Gasteiger charge is -2.40. The topological polar surface area (TPSA) is 42.2 Å². The summed E-state index contributed by atoms with van der Waals surface area (Å²) in [6.07, 6.45) is 0. The Kier molecular flexibility index (Phi) is 7.62. The van der Waals surface area contributed by atoms with Gasteiger partial charge >= 0.3 is 7.51 Å². The Morgan fingerprint density at radius 1 is 0.767 bits per heavy atom. The summed E-state index contributed by atoms with van der Waals surface area (Å²) in [5, 5.41) is 0. The van der Waals surface area contributed by atoms with E-state index in [4.69, 9.17) is 9.47 Å². The molecule has 7 heteroatoms. The largest absolute Gasteiger partial charge is 0.497 e. The van der Waals surface area contributed by atoms with E-state index >= 15 is 0 Å². The van der Waals surface area contributed by atoms with Crippen molar-refractivity contribution >= 4 is 13.2 Å². The highest BCUT2D eigenvalue weighted by atomic mass is 31.2. The molecule has 2 rings (SSSR count). The normalized spacial score (nSPS) is 12.3. The third kappa shape index (κ3) is 5.00. The fraction of sp³-hybridized carbons (Fsp3) is 0.478. The van der Waals surface area contributed by atoms with E-state index in [0.29, 0.717) is 0 Å². The van der Waals surface area contributed by atoms with Gasteiger partial charge in [-0.25, -0.2) is 14.1 Å². The van der Waals surface area contributed by atoms with Crippen LogP contribution < -0.4 is 18.9 Å². The zero-order chi connectivity index (χ0) is 22.7. The molecule has 0 spiro atoms. The van der Waals surface area contributed by atoms with Crippen LogP contribution >= 0.6 is 7.51 Å². The molecule has 0 saturated heterocycles. The lowest BCUT2D eigenvalue weighted by atomic mass is 10.0. The molecule has 30 heavy (non-hydrogen) atoms. The van der Waals surface area contributed by atoms with E-state index < -0.39 is 7.51 Å². The SMILES string of the molecule is COc1ccc(-c2ccc(OC)c(N(C)P(=[NH+]C(C)(C)C)(N(C)C)N(C)C)c2)cc1. The number of hydrogen-bond acceptors (Lipinski definition) is 2. The van der Waals surface area contributed by atoms with Crippen LogP contribution in [-0.4, -0.2) is 64.3 Å². The Balaban J connectivity index is 2.70. The smallest absolute Gasteiger partial charge is 0.335 e. The molecule has 166 valence electrons. The Bertz CT molecular complexity index is 890. The summed E-state index contributed by atoms with van der Waals surface area (Å²) in [6.45, 7) is 6.61. The lowest BCUT2D eigenvalue weighted by Crippen LogP contribution is -2.83. The number of nitrogens with zero attached hydrogens (tertiary/aromatic N) is 3. The number of benzene rings is 2. The molecule has 0 aliphatic rings. The van der Waals surface area contributed by atoms with Crippen LogP contribution in [0, 0.1) is 0 Å². The van der Waals surface area contributed by atoms with Crippen LogP contribution in [0.4, 0.5) is 5.69 Å². The maximum Gasteiger partial charge on any atom is 0.335 e. The molecule has 0 fully saturated rings. The first-order valence-corrected chi connectivity index (χ1v) is 11.7. The van der Waals surface area contributed by atoms with Gasteiger partial charge in [0, 0.05) is 7.05 Å². The van der Waals surface area contributed by atoms with E-state index in [1.807, 2.05) is 18.2 Å². The molecular weight excluding hydrogens is 395 g/mol. The number of anilines is 1. The van der Waals surface area contributed by atoms with Gasteiger partial charge in [-0.2, -0.15) is 0 Å². The quantitative estimate of drug-likeness (QED) is 0.674. The van der Waals surface area contributed by atoms with Gasteiger partial charge in [0.15, 0.2) is 5.54 Å². The standard InChI is InChI=1S/C23H37N4O2P/c1-23(2,3)24-30(25(4)5,26(6)7)27(8)21-17-19(13-16-22(21)29-10)18-11-14-20(28-9)15-12-18/h11-17H,1-10H3/p+1. The molecule has 0 aliphatic carbocycles. The Labute approximate surface area is 182 Å². The Morgan fingerprint density at radius 2 is 1.30 bits per heavy atom. The van der Waals surface area contributed by atoms with Crippen LogP contribution in [0.3, 0.4) is 0 Å². The van der Waals surface area contributed by atoms with Gasteiger partial charge in [-0.1, -0.05) is 18.2 Å². The van der Waals surface area contributed by atoms with Gasteiger partial charge in [0.25, 0.3) is 0 Å². The third-order valence-corrected chi connectivity index (χ3v) is 9.22. The molecule has 0 amide bonds. The van der Waals surface area contributed by atoms with Gasteiger partial charge < -0.3 is 9.47 Å². The van der Waals surface area contributed by atoms with Crippen molar-refractivity contribution in [2.24, 2.45) is 0 Å². The summed E-state index contributed by atoms with van der Waals surface area (Å²) in [5.74, 6) is 1.70. The van der Waals surface area contributed by atoms with E-state index in [0.717, 1.165) is 28.3 Å². The van der Waals surface area contributed by atoms with Crippen molar-refractivity contribution in [3.63, 3.8) is 0 Å². The number of rotatable bonds is 7. The van der Waals surface area contributed by atoms with E-state index in [2.05, 4.69) is 99.0 Å². The van der Waals surface area contributed by atoms with Crippen LogP contribution in [0.2, 0.25) is 0 Å². The lowest BCUT2D eigenvalue weighted by molar-refractivity contribution is -0.524. The first-order chi connectivity index (χ1) is 14.0. The molecule has 0 atom stereocenters. The number of ether oxygens (including phenoxy) is 2. The van der Waals surface area contributed by atoms with E-state index in [-0.39, 0.29) is 5.54 Å². The zero-order valence-corrected chi connectivity index (χ0v) is 21.0. The molecule has 0 radical (unpaired) electrons. The summed E-state index contributed by atoms with van der Waals surface area (Å²) < 4.78 is 21.9. The van der Waals surface area contributed by atoms with Crippen molar-refractivity contribution in [2.45, 2.75) is 26.3 Å². The van der Waals surface area contributed by atoms with E-state index in [1.54, 1.807) is 14.2 Å². The predicted octanol–water partition coefficient (Wildman–Crippen LogP) is 3.76. The van der Waals surface area contributed by atoms with Crippen molar-refractivity contribution in [3.8, 4) is 22.6 Å². The van der Waals surface area contributed by atoms with Crippen molar-refractivity contribution in [1.29, 1.82) is 0 Å². The molecular formula is C23H38N4O2P+. The van der Waals surface area contributed by atoms with Gasteiger partial charge in [0.1, 0.15) is 11.5 Å². The van der Waals surface area contributed by atoms with Gasteiger partial charge in [-0.15, -0.1) is 0 Å². The molecule has 0 aliphatic heterocycles. The number of hydrogen-bond donors (Lipinski definition) is 1. The molecule has 0 saturated carbocycles. The average Bonchev–Trinajstić information content (AvgIpc) is 2.70. The van der Waals surface area contributed by atoms with Crippen LogP contribution in [0.15, 0.2) is 42.5 Å². The first kappa shape index (κ1) is 24.3. The summed E-state index contributed by atoms with van der Waals surface area (Å²) in [5.41, 5.74) is 3.23. The molecule has 0 unspecified atom stereocenters. The maximum absolute atomic E-state index is 5.77. The van der Waals surface area contributed by atoms with Crippen molar-refractivity contribution < 1.29 is 14.2 Å². The minimum absolute atomic E-state index is 0.0720. The van der Waals surface area contributed by atoms with Crippen LogP contribution in [0.5, 0.6) is 11.5 Å². The zero-order valence-electron chi connectivity index (χ0n) is 20.1. The molecule has 0 bridgehead atoms.